The Morgan fingerprint density at radius 3 is 2.48 bits per heavy atom. The van der Waals surface area contributed by atoms with Crippen molar-refractivity contribution < 1.29 is 14.3 Å². The molecule has 0 saturated heterocycles. The summed E-state index contributed by atoms with van der Waals surface area (Å²) in [6.07, 6.45) is 0. The number of pyridine rings is 1. The fourth-order valence-electron chi connectivity index (χ4n) is 2.90. The van der Waals surface area contributed by atoms with Crippen LogP contribution in [0.4, 0.5) is 0 Å². The molecule has 0 N–H and O–H groups in total. The number of Topliss-reactive ketones (excluding diaryl/α,β-unsaturated/α-hetero) is 1. The first-order chi connectivity index (χ1) is 11.9. The molecule has 0 amide bonds. The molecule has 0 atom stereocenters. The summed E-state index contributed by atoms with van der Waals surface area (Å²) in [4.78, 5) is 29.3. The van der Waals surface area contributed by atoms with Crippen LogP contribution in [0, 0.1) is 20.8 Å². The van der Waals surface area contributed by atoms with Gasteiger partial charge in [0, 0.05) is 35.1 Å². The summed E-state index contributed by atoms with van der Waals surface area (Å²) in [6.45, 7) is 5.35. The Morgan fingerprint density at radius 1 is 1.08 bits per heavy atom. The zero-order valence-corrected chi connectivity index (χ0v) is 14.8. The smallest absolute Gasteiger partial charge is 0.339 e. The number of carbonyl (C=O) groups is 2. The van der Waals surface area contributed by atoms with Gasteiger partial charge in [0.1, 0.15) is 0 Å². The van der Waals surface area contributed by atoms with Gasteiger partial charge in [0.2, 0.25) is 5.78 Å². The maximum absolute atomic E-state index is 12.5. The third-order valence-corrected chi connectivity index (χ3v) is 4.47. The van der Waals surface area contributed by atoms with E-state index in [0.29, 0.717) is 11.1 Å². The van der Waals surface area contributed by atoms with Gasteiger partial charge in [-0.3, -0.25) is 9.78 Å². The molecule has 1 aromatic carbocycles. The number of rotatable bonds is 4. The van der Waals surface area contributed by atoms with E-state index >= 15 is 0 Å². The lowest BCUT2D eigenvalue weighted by atomic mass is 10.1. The lowest BCUT2D eigenvalue weighted by molar-refractivity contribution is 0.0476. The van der Waals surface area contributed by atoms with Crippen molar-refractivity contribution in [1.82, 2.24) is 9.55 Å². The molecular formula is C20H20N2O3. The molecule has 128 valence electrons. The molecule has 5 heteroatoms. The van der Waals surface area contributed by atoms with Crippen LogP contribution in [-0.4, -0.2) is 27.9 Å². The van der Waals surface area contributed by atoms with Crippen LogP contribution < -0.4 is 0 Å². The third-order valence-electron chi connectivity index (χ3n) is 4.47. The molecule has 0 spiro atoms. The minimum atomic E-state index is -0.514. The largest absolute Gasteiger partial charge is 0.454 e. The van der Waals surface area contributed by atoms with E-state index < -0.39 is 5.97 Å². The van der Waals surface area contributed by atoms with E-state index in [2.05, 4.69) is 4.98 Å². The number of esters is 1. The van der Waals surface area contributed by atoms with Crippen LogP contribution in [0.5, 0.6) is 0 Å². The lowest BCUT2D eigenvalue weighted by Crippen LogP contribution is -2.15. The number of carbonyl (C=O) groups excluding carboxylic acids is 2. The number of aryl methyl sites for hydroxylation is 2. The highest BCUT2D eigenvalue weighted by Crippen LogP contribution is 2.19. The van der Waals surface area contributed by atoms with E-state index in [1.165, 1.54) is 0 Å². The topological polar surface area (TPSA) is 61.2 Å². The highest BCUT2D eigenvalue weighted by molar-refractivity contribution is 6.05. The van der Waals surface area contributed by atoms with Gasteiger partial charge in [0.05, 0.1) is 11.1 Å². The van der Waals surface area contributed by atoms with Crippen LogP contribution >= 0.6 is 0 Å². The Morgan fingerprint density at radius 2 is 1.80 bits per heavy atom. The van der Waals surface area contributed by atoms with Gasteiger partial charge in [-0.15, -0.1) is 0 Å². The van der Waals surface area contributed by atoms with Crippen molar-refractivity contribution in [3.05, 3.63) is 64.6 Å². The number of para-hydroxylation sites is 1. The molecule has 0 aliphatic rings. The number of fused-ring (bicyclic) bond motifs is 1. The zero-order valence-electron chi connectivity index (χ0n) is 14.8. The first-order valence-corrected chi connectivity index (χ1v) is 8.08. The summed E-state index contributed by atoms with van der Waals surface area (Å²) in [5.41, 5.74) is 4.33. The zero-order chi connectivity index (χ0) is 18.1. The quantitative estimate of drug-likeness (QED) is 0.540. The second-order valence-corrected chi connectivity index (χ2v) is 6.17. The van der Waals surface area contributed by atoms with Gasteiger partial charge in [-0.05, 0) is 39.0 Å². The Bertz CT molecular complexity index is 986. The molecule has 0 radical (unpaired) electrons. The number of hydrogen-bond acceptors (Lipinski definition) is 4. The molecule has 0 bridgehead atoms. The molecule has 0 fully saturated rings. The highest BCUT2D eigenvalue weighted by atomic mass is 16.5. The first kappa shape index (κ1) is 16.9. The van der Waals surface area contributed by atoms with Crippen molar-refractivity contribution in [3.63, 3.8) is 0 Å². The molecule has 0 saturated carbocycles. The average molecular weight is 336 g/mol. The summed E-state index contributed by atoms with van der Waals surface area (Å²) in [5.74, 6) is -0.718. The molecule has 0 aliphatic carbocycles. The van der Waals surface area contributed by atoms with Gasteiger partial charge >= 0.3 is 5.97 Å². The van der Waals surface area contributed by atoms with Gasteiger partial charge in [0.25, 0.3) is 0 Å². The second kappa shape index (κ2) is 6.51. The fraction of sp³-hybridized carbons (Fsp3) is 0.250. The molecule has 3 rings (SSSR count). The summed E-state index contributed by atoms with van der Waals surface area (Å²) in [5, 5.41) is 0.720. The number of hydrogen-bond donors (Lipinski definition) is 0. The van der Waals surface area contributed by atoms with Crippen LogP contribution in [0.15, 0.2) is 36.4 Å². The van der Waals surface area contributed by atoms with Crippen molar-refractivity contribution in [2.45, 2.75) is 20.8 Å². The van der Waals surface area contributed by atoms with E-state index in [9.17, 15) is 9.59 Å². The minimum Gasteiger partial charge on any atom is -0.454 e. The third kappa shape index (κ3) is 3.18. The molecule has 25 heavy (non-hydrogen) atoms. The highest BCUT2D eigenvalue weighted by Gasteiger charge is 2.18. The number of ether oxygens (including phenoxy) is 1. The van der Waals surface area contributed by atoms with Crippen molar-refractivity contribution >= 4 is 22.7 Å². The Balaban J connectivity index is 1.81. The monoisotopic (exact) mass is 336 g/mol. The summed E-state index contributed by atoms with van der Waals surface area (Å²) < 4.78 is 7.23. The number of aromatic nitrogens is 2. The van der Waals surface area contributed by atoms with Crippen LogP contribution in [0.2, 0.25) is 0 Å². The van der Waals surface area contributed by atoms with Crippen molar-refractivity contribution in [2.24, 2.45) is 7.05 Å². The van der Waals surface area contributed by atoms with Crippen molar-refractivity contribution in [1.29, 1.82) is 0 Å². The Kier molecular flexibility index (Phi) is 4.40. The molecule has 0 aliphatic heterocycles. The standard InChI is InChI=1S/C20H20N2O3/c1-12-9-17(15-7-5-6-8-18(15)21-12)20(24)25-11-19(23)16-10-13(2)22(4)14(16)3/h5-10H,11H2,1-4H3. The number of benzene rings is 1. The molecule has 2 heterocycles. The van der Waals surface area contributed by atoms with Crippen molar-refractivity contribution in [2.75, 3.05) is 6.61 Å². The minimum absolute atomic E-state index is 0.204. The summed E-state index contributed by atoms with van der Waals surface area (Å²) in [6, 6.07) is 10.9. The number of ketones is 1. The van der Waals surface area contributed by atoms with Gasteiger partial charge in [-0.25, -0.2) is 4.79 Å². The van der Waals surface area contributed by atoms with Gasteiger partial charge in [-0.2, -0.15) is 0 Å². The van der Waals surface area contributed by atoms with Crippen LogP contribution in [0.1, 0.15) is 37.8 Å². The fourth-order valence-corrected chi connectivity index (χ4v) is 2.90. The van der Waals surface area contributed by atoms with E-state index in [0.717, 1.165) is 28.0 Å². The summed E-state index contributed by atoms with van der Waals surface area (Å²) in [7, 11) is 1.90. The van der Waals surface area contributed by atoms with Gasteiger partial charge in [-0.1, -0.05) is 18.2 Å². The van der Waals surface area contributed by atoms with Crippen molar-refractivity contribution in [3.8, 4) is 0 Å². The second-order valence-electron chi connectivity index (χ2n) is 6.17. The number of nitrogens with zero attached hydrogens (tertiary/aromatic N) is 2. The maximum atomic E-state index is 12.5. The maximum Gasteiger partial charge on any atom is 0.339 e. The van der Waals surface area contributed by atoms with E-state index in [-0.39, 0.29) is 12.4 Å². The molecule has 3 aromatic rings. The van der Waals surface area contributed by atoms with Gasteiger partial charge in [0.15, 0.2) is 6.61 Å². The molecule has 5 nitrogen and oxygen atoms in total. The molecular weight excluding hydrogens is 316 g/mol. The lowest BCUT2D eigenvalue weighted by Gasteiger charge is -2.08. The van der Waals surface area contributed by atoms with E-state index in [1.807, 2.05) is 62.7 Å². The predicted molar refractivity (Wildman–Crippen MR) is 96.0 cm³/mol. The van der Waals surface area contributed by atoms with Crippen LogP contribution in [0.25, 0.3) is 10.9 Å². The molecule has 2 aromatic heterocycles. The molecule has 0 unspecified atom stereocenters. The normalized spacial score (nSPS) is 10.9. The van der Waals surface area contributed by atoms with E-state index in [4.69, 9.17) is 4.74 Å². The van der Waals surface area contributed by atoms with Crippen LogP contribution in [-0.2, 0) is 11.8 Å². The SMILES string of the molecule is Cc1cc(C(=O)OCC(=O)c2cc(C)n(C)c2C)c2ccccc2n1. The van der Waals surface area contributed by atoms with E-state index in [1.54, 1.807) is 6.07 Å². The Labute approximate surface area is 146 Å². The average Bonchev–Trinajstić information content (AvgIpc) is 2.86. The predicted octanol–water partition coefficient (Wildman–Crippen LogP) is 3.54. The Hall–Kier alpha value is -2.95. The first-order valence-electron chi connectivity index (χ1n) is 8.08. The van der Waals surface area contributed by atoms with Gasteiger partial charge < -0.3 is 9.30 Å². The summed E-state index contributed by atoms with van der Waals surface area (Å²) >= 11 is 0. The van der Waals surface area contributed by atoms with Crippen LogP contribution in [0.3, 0.4) is 0 Å².